The predicted molar refractivity (Wildman–Crippen MR) is 84.2 cm³/mol. The second-order valence-corrected chi connectivity index (χ2v) is 7.41. The van der Waals surface area contributed by atoms with E-state index in [4.69, 9.17) is 11.6 Å². The van der Waals surface area contributed by atoms with Crippen molar-refractivity contribution in [2.75, 3.05) is 0 Å². The lowest BCUT2D eigenvalue weighted by atomic mass is 10.0. The lowest BCUT2D eigenvalue weighted by molar-refractivity contribution is 0.480. The fourth-order valence-electron chi connectivity index (χ4n) is 3.97. The molecule has 0 radical (unpaired) electrons. The van der Waals surface area contributed by atoms with Crippen LogP contribution >= 0.6 is 27.5 Å². The summed E-state index contributed by atoms with van der Waals surface area (Å²) in [6.45, 7) is 0. The molecule has 0 bridgehead atoms. The number of aromatic nitrogens is 2. The van der Waals surface area contributed by atoms with Gasteiger partial charge in [0.05, 0.1) is 16.4 Å². The highest BCUT2D eigenvalue weighted by atomic mass is 79.9. The van der Waals surface area contributed by atoms with Gasteiger partial charge in [-0.05, 0) is 48.3 Å². The van der Waals surface area contributed by atoms with Crippen molar-refractivity contribution >= 4 is 38.6 Å². The first kappa shape index (κ1) is 13.0. The standard InChI is InChI=1S/C15H16BrClN2O/c16-10-6-12-11(18-15(20)19-12)5-9(10)14(17)13-7-3-1-2-4-8(7)13/h5-8,13-14H,1-4H2,(H2,18,19,20). The zero-order valence-electron chi connectivity index (χ0n) is 11.0. The fourth-order valence-corrected chi connectivity index (χ4v) is 5.25. The largest absolute Gasteiger partial charge is 0.323 e. The number of nitrogens with one attached hydrogen (secondary N) is 2. The summed E-state index contributed by atoms with van der Waals surface area (Å²) in [6.07, 6.45) is 5.37. The maximum Gasteiger partial charge on any atom is 0.323 e. The Morgan fingerprint density at radius 1 is 1.15 bits per heavy atom. The van der Waals surface area contributed by atoms with Crippen molar-refractivity contribution in [1.82, 2.24) is 9.97 Å². The number of H-pyrrole nitrogens is 2. The smallest absolute Gasteiger partial charge is 0.306 e. The highest BCUT2D eigenvalue weighted by Crippen LogP contribution is 2.62. The molecule has 2 N–H and O–H groups in total. The number of hydrogen-bond donors (Lipinski definition) is 2. The van der Waals surface area contributed by atoms with Crippen LogP contribution in [0.2, 0.25) is 0 Å². The van der Waals surface area contributed by atoms with Gasteiger partial charge >= 0.3 is 5.69 Å². The number of rotatable bonds is 2. The molecule has 4 rings (SSSR count). The maximum absolute atomic E-state index is 11.4. The molecule has 2 aliphatic carbocycles. The Kier molecular flexibility index (Phi) is 3.00. The van der Waals surface area contributed by atoms with E-state index in [9.17, 15) is 4.79 Å². The Labute approximate surface area is 130 Å². The third-order valence-corrected chi connectivity index (χ3v) is 6.20. The highest BCUT2D eigenvalue weighted by molar-refractivity contribution is 9.10. The monoisotopic (exact) mass is 354 g/mol. The Bertz CT molecular complexity index is 710. The van der Waals surface area contributed by atoms with Crippen LogP contribution in [0, 0.1) is 17.8 Å². The zero-order valence-corrected chi connectivity index (χ0v) is 13.3. The molecular weight excluding hydrogens is 340 g/mol. The SMILES string of the molecule is O=c1[nH]c2cc(Br)c(C(Cl)C3C4CCCCC43)cc2[nH]1. The molecule has 0 saturated heterocycles. The fraction of sp³-hybridized carbons (Fsp3) is 0.533. The number of benzene rings is 1. The van der Waals surface area contributed by atoms with Crippen LogP contribution in [0.3, 0.4) is 0 Å². The van der Waals surface area contributed by atoms with E-state index < -0.39 is 0 Å². The van der Waals surface area contributed by atoms with Gasteiger partial charge in [0, 0.05) is 4.47 Å². The Balaban J connectivity index is 1.70. The topological polar surface area (TPSA) is 48.6 Å². The van der Waals surface area contributed by atoms with E-state index >= 15 is 0 Å². The van der Waals surface area contributed by atoms with Crippen LogP contribution in [0.1, 0.15) is 36.6 Å². The van der Waals surface area contributed by atoms with Crippen LogP contribution in [0.4, 0.5) is 0 Å². The minimum absolute atomic E-state index is 0.0419. The number of halogens is 2. The molecule has 5 heteroatoms. The van der Waals surface area contributed by atoms with Crippen molar-refractivity contribution in [3.05, 3.63) is 32.7 Å². The van der Waals surface area contributed by atoms with E-state index in [1.165, 1.54) is 25.7 Å². The first-order valence-corrected chi connectivity index (χ1v) is 8.43. The van der Waals surface area contributed by atoms with Crippen molar-refractivity contribution in [1.29, 1.82) is 0 Å². The summed E-state index contributed by atoms with van der Waals surface area (Å²) >= 11 is 10.4. The minimum Gasteiger partial charge on any atom is -0.306 e. The molecule has 3 atom stereocenters. The van der Waals surface area contributed by atoms with E-state index in [-0.39, 0.29) is 11.1 Å². The quantitative estimate of drug-likeness (QED) is 0.774. The number of imidazole rings is 1. The normalized spacial score (nSPS) is 30.2. The summed E-state index contributed by atoms with van der Waals surface area (Å²) in [4.78, 5) is 17.0. The Hall–Kier alpha value is -0.740. The van der Waals surface area contributed by atoms with Gasteiger partial charge in [-0.3, -0.25) is 0 Å². The summed E-state index contributed by atoms with van der Waals surface area (Å²) in [5.74, 6) is 2.25. The van der Waals surface area contributed by atoms with Gasteiger partial charge in [0.2, 0.25) is 0 Å². The van der Waals surface area contributed by atoms with Crippen LogP contribution in [-0.2, 0) is 0 Å². The Morgan fingerprint density at radius 3 is 2.40 bits per heavy atom. The van der Waals surface area contributed by atoms with Gasteiger partial charge in [0.15, 0.2) is 0 Å². The number of alkyl halides is 1. The molecule has 20 heavy (non-hydrogen) atoms. The van der Waals surface area contributed by atoms with E-state index in [0.29, 0.717) is 5.92 Å². The van der Waals surface area contributed by atoms with Crippen LogP contribution in [-0.4, -0.2) is 9.97 Å². The summed E-state index contributed by atoms with van der Waals surface area (Å²) < 4.78 is 0.990. The van der Waals surface area contributed by atoms with Gasteiger partial charge in [-0.1, -0.05) is 28.8 Å². The van der Waals surface area contributed by atoms with Crippen molar-refractivity contribution in [3.8, 4) is 0 Å². The molecule has 1 heterocycles. The van der Waals surface area contributed by atoms with Gasteiger partial charge in [0.1, 0.15) is 0 Å². The van der Waals surface area contributed by atoms with Crippen molar-refractivity contribution in [2.45, 2.75) is 31.1 Å². The van der Waals surface area contributed by atoms with Gasteiger partial charge in [-0.2, -0.15) is 0 Å². The number of aromatic amines is 2. The third kappa shape index (κ3) is 1.96. The van der Waals surface area contributed by atoms with Crippen molar-refractivity contribution < 1.29 is 0 Å². The summed E-state index contributed by atoms with van der Waals surface area (Å²) in [7, 11) is 0. The molecule has 3 unspecified atom stereocenters. The van der Waals surface area contributed by atoms with Gasteiger partial charge in [-0.15, -0.1) is 11.6 Å². The number of fused-ring (bicyclic) bond motifs is 2. The second-order valence-electron chi connectivity index (χ2n) is 6.09. The Morgan fingerprint density at radius 2 is 1.75 bits per heavy atom. The average molecular weight is 356 g/mol. The second kappa shape index (κ2) is 4.63. The predicted octanol–water partition coefficient (Wildman–Crippen LogP) is 4.33. The number of hydrogen-bond acceptors (Lipinski definition) is 1. The van der Waals surface area contributed by atoms with Crippen LogP contribution in [0.25, 0.3) is 11.0 Å². The van der Waals surface area contributed by atoms with Gasteiger partial charge in [-0.25, -0.2) is 4.79 Å². The summed E-state index contributed by atoms with van der Waals surface area (Å²) in [5.41, 5.74) is 2.59. The van der Waals surface area contributed by atoms with Gasteiger partial charge < -0.3 is 9.97 Å². The van der Waals surface area contributed by atoms with Crippen molar-refractivity contribution in [2.24, 2.45) is 17.8 Å². The maximum atomic E-state index is 11.4. The van der Waals surface area contributed by atoms with E-state index in [1.54, 1.807) is 0 Å². The molecule has 0 aliphatic heterocycles. The molecule has 2 aromatic rings. The highest BCUT2D eigenvalue weighted by Gasteiger charge is 2.54. The van der Waals surface area contributed by atoms with Crippen LogP contribution < -0.4 is 5.69 Å². The first-order chi connectivity index (χ1) is 9.65. The van der Waals surface area contributed by atoms with Gasteiger partial charge in [0.25, 0.3) is 0 Å². The van der Waals surface area contributed by atoms with E-state index in [2.05, 4.69) is 25.9 Å². The molecule has 2 aliphatic rings. The average Bonchev–Trinajstić information content (AvgIpc) is 3.04. The third-order valence-electron chi connectivity index (χ3n) is 4.99. The van der Waals surface area contributed by atoms with Crippen LogP contribution in [0.15, 0.2) is 21.4 Å². The molecule has 0 spiro atoms. The molecule has 1 aromatic heterocycles. The lowest BCUT2D eigenvalue weighted by Gasteiger charge is -2.12. The molecule has 3 nitrogen and oxygen atoms in total. The molecular formula is C15H16BrClN2O. The molecule has 2 fully saturated rings. The molecule has 106 valence electrons. The molecule has 0 amide bonds. The zero-order chi connectivity index (χ0) is 13.9. The molecule has 1 aromatic carbocycles. The summed E-state index contributed by atoms with van der Waals surface area (Å²) in [5, 5.41) is 0.0419. The van der Waals surface area contributed by atoms with E-state index in [1.807, 2.05) is 12.1 Å². The molecule has 2 saturated carbocycles. The first-order valence-electron chi connectivity index (χ1n) is 7.20. The lowest BCUT2D eigenvalue weighted by Crippen LogP contribution is -1.99. The van der Waals surface area contributed by atoms with Crippen LogP contribution in [0.5, 0.6) is 0 Å². The van der Waals surface area contributed by atoms with E-state index in [0.717, 1.165) is 32.9 Å². The van der Waals surface area contributed by atoms with Crippen molar-refractivity contribution in [3.63, 3.8) is 0 Å². The summed E-state index contributed by atoms with van der Waals surface area (Å²) in [6, 6.07) is 3.96. The minimum atomic E-state index is -0.171.